The highest BCUT2D eigenvalue weighted by molar-refractivity contribution is 5.55. The van der Waals surface area contributed by atoms with Crippen molar-refractivity contribution < 1.29 is 4.52 Å². The number of fused-ring (bicyclic) bond motifs is 1. The second-order valence-electron chi connectivity index (χ2n) is 4.09. The van der Waals surface area contributed by atoms with Crippen LogP contribution in [0.15, 0.2) is 53.6 Å². The van der Waals surface area contributed by atoms with E-state index >= 15 is 0 Å². The van der Waals surface area contributed by atoms with E-state index < -0.39 is 0 Å². The molecule has 0 unspecified atom stereocenters. The summed E-state index contributed by atoms with van der Waals surface area (Å²) in [5.41, 5.74) is 1.24. The summed E-state index contributed by atoms with van der Waals surface area (Å²) in [6, 6.07) is 7.34. The highest BCUT2D eigenvalue weighted by atomic mass is 16.5. The van der Waals surface area contributed by atoms with Gasteiger partial charge in [0.2, 0.25) is 11.6 Å². The summed E-state index contributed by atoms with van der Waals surface area (Å²) in [5, 5.41) is 3.91. The van der Waals surface area contributed by atoms with Gasteiger partial charge < -0.3 is 4.52 Å². The van der Waals surface area contributed by atoms with Crippen molar-refractivity contribution in [3.63, 3.8) is 0 Å². The van der Waals surface area contributed by atoms with Crippen LogP contribution in [0.25, 0.3) is 28.9 Å². The van der Waals surface area contributed by atoms with Crippen molar-refractivity contribution in [3.8, 4) is 23.1 Å². The smallest absolute Gasteiger partial charge is 0.278 e. The van der Waals surface area contributed by atoms with Crippen molar-refractivity contribution in [3.05, 3.63) is 49.1 Å². The van der Waals surface area contributed by atoms with E-state index in [-0.39, 0.29) is 0 Å². The highest BCUT2D eigenvalue weighted by Gasteiger charge is 2.14. The van der Waals surface area contributed by atoms with Crippen molar-refractivity contribution in [1.82, 2.24) is 29.5 Å². The summed E-state index contributed by atoms with van der Waals surface area (Å²) in [6.45, 7) is 0. The van der Waals surface area contributed by atoms with Gasteiger partial charge in [0.05, 0.1) is 0 Å². The van der Waals surface area contributed by atoms with Crippen LogP contribution in [0.3, 0.4) is 0 Å². The molecule has 7 heteroatoms. The molecule has 4 heterocycles. The summed E-state index contributed by atoms with van der Waals surface area (Å²) in [5.74, 6) is 1.36. The first-order valence-electron chi connectivity index (χ1n) is 5.95. The van der Waals surface area contributed by atoms with Crippen LogP contribution in [0.1, 0.15) is 0 Å². The van der Waals surface area contributed by atoms with E-state index in [9.17, 15) is 0 Å². The molecule has 0 aromatic carbocycles. The molecule has 4 rings (SSSR count). The van der Waals surface area contributed by atoms with E-state index in [2.05, 4.69) is 25.1 Å². The fourth-order valence-electron chi connectivity index (χ4n) is 1.86. The molecule has 4 aromatic heterocycles. The lowest BCUT2D eigenvalue weighted by molar-refractivity contribution is 0.431. The van der Waals surface area contributed by atoms with Crippen molar-refractivity contribution in [2.24, 2.45) is 0 Å². The van der Waals surface area contributed by atoms with Crippen LogP contribution in [0, 0.1) is 0 Å². The normalized spacial score (nSPS) is 11.0. The summed E-state index contributed by atoms with van der Waals surface area (Å²) < 4.78 is 7.02. The summed E-state index contributed by atoms with van der Waals surface area (Å²) in [7, 11) is 0. The monoisotopic (exact) mass is 264 g/mol. The van der Waals surface area contributed by atoms with E-state index in [4.69, 9.17) is 4.52 Å². The van der Waals surface area contributed by atoms with Crippen LogP contribution in [-0.2, 0) is 0 Å². The largest absolute Gasteiger partial charge is 0.332 e. The Labute approximate surface area is 113 Å². The fraction of sp³-hybridized carbons (Fsp3) is 0. The molecule has 0 fully saturated rings. The van der Waals surface area contributed by atoms with Crippen LogP contribution in [0.2, 0.25) is 0 Å². The van der Waals surface area contributed by atoms with Crippen LogP contribution in [-0.4, -0.2) is 29.5 Å². The number of pyridine rings is 1. The van der Waals surface area contributed by atoms with Gasteiger partial charge in [-0.3, -0.25) is 9.38 Å². The first-order chi connectivity index (χ1) is 9.90. The van der Waals surface area contributed by atoms with Crippen molar-refractivity contribution in [1.29, 1.82) is 0 Å². The van der Waals surface area contributed by atoms with E-state index in [1.165, 1.54) is 0 Å². The molecule has 0 spiro atoms. The average Bonchev–Trinajstić information content (AvgIpc) is 3.14. The lowest BCUT2D eigenvalue weighted by Crippen LogP contribution is -1.84. The zero-order valence-corrected chi connectivity index (χ0v) is 10.2. The van der Waals surface area contributed by atoms with E-state index in [1.54, 1.807) is 23.0 Å². The maximum absolute atomic E-state index is 5.23. The summed E-state index contributed by atoms with van der Waals surface area (Å²) in [6.07, 6.45) is 7.01. The maximum atomic E-state index is 5.23. The van der Waals surface area contributed by atoms with Gasteiger partial charge in [-0.25, -0.2) is 9.97 Å². The predicted octanol–water partition coefficient (Wildman–Crippen LogP) is 1.84. The van der Waals surface area contributed by atoms with Crippen LogP contribution in [0.5, 0.6) is 0 Å². The standard InChI is InChI=1S/C13H8N6O/c1-2-5-14-9(4-1)11-17-12(20-18-11)10-8-19-7-3-6-15-13(19)16-10/h1-8H. The average molecular weight is 264 g/mol. The molecule has 0 saturated heterocycles. The number of hydrogen-bond acceptors (Lipinski definition) is 6. The lowest BCUT2D eigenvalue weighted by Gasteiger charge is -1.89. The summed E-state index contributed by atoms with van der Waals surface area (Å²) >= 11 is 0. The van der Waals surface area contributed by atoms with Crippen LogP contribution >= 0.6 is 0 Å². The second-order valence-corrected chi connectivity index (χ2v) is 4.09. The number of hydrogen-bond donors (Lipinski definition) is 0. The Balaban J connectivity index is 1.78. The van der Waals surface area contributed by atoms with Gasteiger partial charge in [-0.2, -0.15) is 4.98 Å². The zero-order chi connectivity index (χ0) is 13.4. The molecular weight excluding hydrogens is 256 g/mol. The molecule has 7 nitrogen and oxygen atoms in total. The third kappa shape index (κ3) is 1.72. The van der Waals surface area contributed by atoms with Gasteiger partial charge in [-0.1, -0.05) is 11.2 Å². The Morgan fingerprint density at radius 2 is 1.90 bits per heavy atom. The number of nitrogens with zero attached hydrogens (tertiary/aromatic N) is 6. The summed E-state index contributed by atoms with van der Waals surface area (Å²) in [4.78, 5) is 16.9. The van der Waals surface area contributed by atoms with Crippen molar-refractivity contribution in [2.45, 2.75) is 0 Å². The van der Waals surface area contributed by atoms with Gasteiger partial charge in [0.15, 0.2) is 0 Å². The SMILES string of the molecule is c1ccc(-c2noc(-c3cn4cccnc4n3)n2)nc1. The highest BCUT2D eigenvalue weighted by Crippen LogP contribution is 2.20. The van der Waals surface area contributed by atoms with Crippen LogP contribution < -0.4 is 0 Å². The first-order valence-corrected chi connectivity index (χ1v) is 5.95. The van der Waals surface area contributed by atoms with Crippen molar-refractivity contribution >= 4 is 5.78 Å². The van der Waals surface area contributed by atoms with E-state index in [0.29, 0.717) is 28.9 Å². The van der Waals surface area contributed by atoms with E-state index in [1.807, 2.05) is 30.5 Å². The second kappa shape index (κ2) is 4.23. The Morgan fingerprint density at radius 3 is 2.75 bits per heavy atom. The minimum Gasteiger partial charge on any atom is -0.332 e. The van der Waals surface area contributed by atoms with Gasteiger partial charge in [-0.05, 0) is 18.2 Å². The first kappa shape index (κ1) is 10.8. The lowest BCUT2D eigenvalue weighted by atomic mass is 10.3. The molecule has 0 radical (unpaired) electrons. The molecule has 0 aliphatic rings. The fourth-order valence-corrected chi connectivity index (χ4v) is 1.86. The molecule has 0 amide bonds. The Hall–Kier alpha value is -3.09. The molecule has 0 N–H and O–H groups in total. The minimum absolute atomic E-state index is 0.344. The minimum atomic E-state index is 0.344. The molecule has 0 aliphatic heterocycles. The van der Waals surface area contributed by atoms with Crippen molar-refractivity contribution in [2.75, 3.05) is 0 Å². The maximum Gasteiger partial charge on any atom is 0.278 e. The number of imidazole rings is 1. The van der Waals surface area contributed by atoms with Gasteiger partial charge in [-0.15, -0.1) is 0 Å². The Morgan fingerprint density at radius 1 is 0.950 bits per heavy atom. The van der Waals surface area contributed by atoms with Crippen LogP contribution in [0.4, 0.5) is 0 Å². The van der Waals surface area contributed by atoms with Gasteiger partial charge in [0.1, 0.15) is 11.4 Å². The Kier molecular flexibility index (Phi) is 2.28. The third-order valence-corrected chi connectivity index (χ3v) is 2.77. The molecule has 0 aliphatic carbocycles. The number of aromatic nitrogens is 6. The molecule has 20 heavy (non-hydrogen) atoms. The zero-order valence-electron chi connectivity index (χ0n) is 10.2. The molecular formula is C13H8N6O. The molecule has 0 atom stereocenters. The molecule has 96 valence electrons. The molecule has 0 bridgehead atoms. The van der Waals surface area contributed by atoms with Gasteiger partial charge >= 0.3 is 0 Å². The molecule has 4 aromatic rings. The Bertz CT molecular complexity index is 834. The van der Waals surface area contributed by atoms with Gasteiger partial charge in [0.25, 0.3) is 5.89 Å². The number of rotatable bonds is 2. The van der Waals surface area contributed by atoms with Gasteiger partial charge in [0, 0.05) is 24.8 Å². The third-order valence-electron chi connectivity index (χ3n) is 2.77. The topological polar surface area (TPSA) is 82.0 Å². The quantitative estimate of drug-likeness (QED) is 0.549. The predicted molar refractivity (Wildman–Crippen MR) is 69.5 cm³/mol. The molecule has 0 saturated carbocycles. The van der Waals surface area contributed by atoms with E-state index in [0.717, 1.165) is 0 Å².